The zero-order valence-corrected chi connectivity index (χ0v) is 24.2. The molecule has 0 saturated carbocycles. The van der Waals surface area contributed by atoms with Crippen molar-refractivity contribution in [1.82, 2.24) is 19.8 Å². The molecule has 0 radical (unpaired) electrons. The molecule has 3 aromatic rings. The van der Waals surface area contributed by atoms with Gasteiger partial charge in [0.25, 0.3) is 0 Å². The number of aryl methyl sites for hydroxylation is 1. The minimum atomic E-state index is -0.0751. The number of nitrogens with zero attached hydrogens (tertiary/aromatic N) is 4. The first kappa shape index (κ1) is 25.8. The first-order valence-corrected chi connectivity index (χ1v) is 15.1. The van der Waals surface area contributed by atoms with Crippen molar-refractivity contribution in [3.63, 3.8) is 0 Å². The third-order valence-corrected chi connectivity index (χ3v) is 9.25. The summed E-state index contributed by atoms with van der Waals surface area (Å²) in [7, 11) is 0. The van der Waals surface area contributed by atoms with E-state index in [2.05, 4.69) is 49.6 Å². The largest absolute Gasteiger partial charge is 0.329 e. The highest BCUT2D eigenvalue weighted by atomic mass is 127. The van der Waals surface area contributed by atoms with Gasteiger partial charge in [-0.2, -0.15) is 0 Å². The van der Waals surface area contributed by atoms with E-state index in [1.807, 2.05) is 59.5 Å². The Morgan fingerprint density at radius 2 is 1.82 bits per heavy atom. The Labute approximate surface area is 239 Å². The maximum Gasteiger partial charge on any atom is 0.326 e. The molecule has 7 nitrogen and oxygen atoms in total. The van der Waals surface area contributed by atoms with Crippen molar-refractivity contribution in [1.29, 1.82) is 0 Å². The first-order chi connectivity index (χ1) is 18.6. The standard InChI is InChI=1S/C30H37IN6O/c1-21-33-28-20-32-15-14-29(28)37(21)27-18-25-12-13-26(19-27)35(25)16-5-17-36(24-6-3-2-4-7-24)30(38)34-23-10-8-22(31)9-11-23/h2-4,6-11,25-27,32H,5,12-20H2,1H3,(H,34,38)/t25-,26+,27?. The molecule has 0 spiro atoms. The van der Waals surface area contributed by atoms with Crippen LogP contribution >= 0.6 is 22.6 Å². The Balaban J connectivity index is 1.10. The molecular formula is C30H37IN6O. The summed E-state index contributed by atoms with van der Waals surface area (Å²) < 4.78 is 3.74. The lowest BCUT2D eigenvalue weighted by atomic mass is 9.96. The second kappa shape index (κ2) is 11.4. The van der Waals surface area contributed by atoms with Crippen molar-refractivity contribution in [3.8, 4) is 0 Å². The number of rotatable bonds is 7. The predicted molar refractivity (Wildman–Crippen MR) is 161 cm³/mol. The quantitative estimate of drug-likeness (QED) is 0.330. The fourth-order valence-electron chi connectivity index (χ4n) is 6.87. The van der Waals surface area contributed by atoms with Gasteiger partial charge in [-0.1, -0.05) is 18.2 Å². The Bertz CT molecular complexity index is 1250. The highest BCUT2D eigenvalue weighted by Crippen LogP contribution is 2.42. The third kappa shape index (κ3) is 5.35. The summed E-state index contributed by atoms with van der Waals surface area (Å²) in [6.07, 6.45) is 7.04. The van der Waals surface area contributed by atoms with Gasteiger partial charge in [-0.25, -0.2) is 9.78 Å². The fourth-order valence-corrected chi connectivity index (χ4v) is 7.22. The molecular weight excluding hydrogens is 587 g/mol. The van der Waals surface area contributed by atoms with Crippen LogP contribution in [0.5, 0.6) is 0 Å². The Morgan fingerprint density at radius 1 is 1.08 bits per heavy atom. The number of aromatic nitrogens is 2. The van der Waals surface area contributed by atoms with Gasteiger partial charge in [0.15, 0.2) is 0 Å². The number of amides is 2. The van der Waals surface area contributed by atoms with Gasteiger partial charge < -0.3 is 15.2 Å². The second-order valence-corrected chi connectivity index (χ2v) is 12.1. The number of anilines is 2. The van der Waals surface area contributed by atoms with Gasteiger partial charge in [-0.3, -0.25) is 9.80 Å². The van der Waals surface area contributed by atoms with Gasteiger partial charge in [0.1, 0.15) is 5.82 Å². The minimum Gasteiger partial charge on any atom is -0.329 e. The van der Waals surface area contributed by atoms with Crippen molar-refractivity contribution < 1.29 is 4.79 Å². The van der Waals surface area contributed by atoms with Gasteiger partial charge in [0.05, 0.1) is 5.69 Å². The normalized spacial score (nSPS) is 22.7. The average Bonchev–Trinajstić information content (AvgIpc) is 3.38. The molecule has 2 aromatic carbocycles. The maximum absolute atomic E-state index is 13.3. The number of carbonyl (C=O) groups is 1. The van der Waals surface area contributed by atoms with E-state index in [9.17, 15) is 4.79 Å². The van der Waals surface area contributed by atoms with Crippen LogP contribution in [-0.4, -0.2) is 52.2 Å². The summed E-state index contributed by atoms with van der Waals surface area (Å²) in [6, 6.07) is 19.7. The molecule has 3 aliphatic rings. The molecule has 4 heterocycles. The number of benzene rings is 2. The molecule has 2 bridgehead atoms. The number of hydrogen-bond acceptors (Lipinski definition) is 4. The zero-order chi connectivity index (χ0) is 26.1. The highest BCUT2D eigenvalue weighted by molar-refractivity contribution is 14.1. The third-order valence-electron chi connectivity index (χ3n) is 8.53. The van der Waals surface area contributed by atoms with Gasteiger partial charge in [-0.05, 0) is 98.0 Å². The van der Waals surface area contributed by atoms with Crippen LogP contribution in [0.3, 0.4) is 0 Å². The van der Waals surface area contributed by atoms with Gasteiger partial charge >= 0.3 is 6.03 Å². The number of fused-ring (bicyclic) bond motifs is 3. The molecule has 8 heteroatoms. The number of urea groups is 1. The van der Waals surface area contributed by atoms with Crippen LogP contribution in [0.4, 0.5) is 16.2 Å². The number of halogens is 1. The summed E-state index contributed by atoms with van der Waals surface area (Å²) in [5.74, 6) is 1.19. The SMILES string of the molecule is Cc1nc2c(n1C1C[C@H]3CC[C@@H](C1)N3CCCN(C(=O)Nc1ccc(I)cc1)c1ccccc1)CCNC2. The Morgan fingerprint density at radius 3 is 2.55 bits per heavy atom. The van der Waals surface area contributed by atoms with Crippen LogP contribution in [0.2, 0.25) is 0 Å². The molecule has 200 valence electrons. The van der Waals surface area contributed by atoms with E-state index >= 15 is 0 Å². The number of para-hydroxylation sites is 1. The highest BCUT2D eigenvalue weighted by Gasteiger charge is 2.42. The monoisotopic (exact) mass is 624 g/mol. The van der Waals surface area contributed by atoms with E-state index in [4.69, 9.17) is 4.98 Å². The molecule has 2 N–H and O–H groups in total. The number of carbonyl (C=O) groups excluding carboxylic acids is 1. The summed E-state index contributed by atoms with van der Waals surface area (Å²) >= 11 is 2.28. The lowest BCUT2D eigenvalue weighted by Crippen LogP contribution is -2.45. The lowest BCUT2D eigenvalue weighted by molar-refractivity contribution is 0.104. The molecule has 3 aliphatic heterocycles. The number of nitrogens with one attached hydrogen (secondary N) is 2. The van der Waals surface area contributed by atoms with E-state index in [0.29, 0.717) is 24.7 Å². The van der Waals surface area contributed by atoms with Crippen LogP contribution in [0.15, 0.2) is 54.6 Å². The van der Waals surface area contributed by atoms with E-state index in [0.717, 1.165) is 47.4 Å². The van der Waals surface area contributed by atoms with Crippen LogP contribution in [-0.2, 0) is 13.0 Å². The first-order valence-electron chi connectivity index (χ1n) is 14.0. The molecule has 0 aliphatic carbocycles. The summed E-state index contributed by atoms with van der Waals surface area (Å²) in [4.78, 5) is 22.9. The fraction of sp³-hybridized carbons (Fsp3) is 0.467. The molecule has 2 amide bonds. The molecule has 38 heavy (non-hydrogen) atoms. The van der Waals surface area contributed by atoms with E-state index in [1.165, 1.54) is 42.9 Å². The van der Waals surface area contributed by atoms with Crippen molar-refractivity contribution in [2.75, 3.05) is 29.9 Å². The lowest BCUT2D eigenvalue weighted by Gasteiger charge is -2.40. The Kier molecular flexibility index (Phi) is 7.72. The van der Waals surface area contributed by atoms with Crippen molar-refractivity contribution in [2.45, 2.75) is 70.1 Å². The second-order valence-electron chi connectivity index (χ2n) is 10.9. The zero-order valence-electron chi connectivity index (χ0n) is 22.1. The minimum absolute atomic E-state index is 0.0751. The van der Waals surface area contributed by atoms with Crippen LogP contribution in [0.1, 0.15) is 55.4 Å². The van der Waals surface area contributed by atoms with Gasteiger partial charge in [0.2, 0.25) is 0 Å². The topological polar surface area (TPSA) is 65.4 Å². The van der Waals surface area contributed by atoms with Gasteiger partial charge in [-0.15, -0.1) is 0 Å². The number of hydrogen-bond donors (Lipinski definition) is 2. The van der Waals surface area contributed by atoms with Crippen molar-refractivity contribution in [2.24, 2.45) is 0 Å². The Hall–Kier alpha value is -2.43. The van der Waals surface area contributed by atoms with E-state index in [1.54, 1.807) is 0 Å². The van der Waals surface area contributed by atoms with Crippen LogP contribution in [0, 0.1) is 10.5 Å². The van der Waals surface area contributed by atoms with Crippen molar-refractivity contribution >= 4 is 40.0 Å². The van der Waals surface area contributed by atoms with E-state index < -0.39 is 0 Å². The molecule has 1 aromatic heterocycles. The molecule has 1 unspecified atom stereocenters. The van der Waals surface area contributed by atoms with E-state index in [-0.39, 0.29) is 6.03 Å². The molecule has 6 rings (SSSR count). The maximum atomic E-state index is 13.3. The summed E-state index contributed by atoms with van der Waals surface area (Å²) in [5.41, 5.74) is 4.49. The number of imidazole rings is 1. The summed E-state index contributed by atoms with van der Waals surface area (Å²) in [6.45, 7) is 5.88. The summed E-state index contributed by atoms with van der Waals surface area (Å²) in [5, 5.41) is 6.57. The predicted octanol–water partition coefficient (Wildman–Crippen LogP) is 5.74. The van der Waals surface area contributed by atoms with Gasteiger partial charge in [0, 0.05) is 71.4 Å². The van der Waals surface area contributed by atoms with Crippen molar-refractivity contribution in [3.05, 3.63) is 75.4 Å². The molecule has 2 fully saturated rings. The number of piperidine rings is 1. The smallest absolute Gasteiger partial charge is 0.326 e. The van der Waals surface area contributed by atoms with Crippen LogP contribution in [0.25, 0.3) is 0 Å². The molecule has 3 atom stereocenters. The average molecular weight is 625 g/mol. The molecule has 2 saturated heterocycles. The van der Waals surface area contributed by atoms with Crippen LogP contribution < -0.4 is 15.5 Å².